The lowest BCUT2D eigenvalue weighted by Gasteiger charge is -2.35. The predicted octanol–water partition coefficient (Wildman–Crippen LogP) is 0.870. The lowest BCUT2D eigenvalue weighted by Crippen LogP contribution is -2.50. The van der Waals surface area contributed by atoms with E-state index < -0.39 is 0 Å². The Morgan fingerprint density at radius 3 is 2.46 bits per heavy atom. The minimum atomic E-state index is 0.119. The summed E-state index contributed by atoms with van der Waals surface area (Å²) in [7, 11) is 4.44. The van der Waals surface area contributed by atoms with Gasteiger partial charge in [-0.25, -0.2) is 0 Å². The van der Waals surface area contributed by atoms with Gasteiger partial charge in [-0.15, -0.1) is 0 Å². The van der Waals surface area contributed by atoms with E-state index in [0.29, 0.717) is 12.6 Å². The summed E-state index contributed by atoms with van der Waals surface area (Å²) in [5.74, 6) is 0. The molecule has 0 aliphatic carbocycles. The number of aliphatic hydroxyl groups is 1. The molecule has 13 heavy (non-hydrogen) atoms. The van der Waals surface area contributed by atoms with E-state index in [2.05, 4.69) is 27.9 Å². The largest absolute Gasteiger partial charge is 0.394 e. The van der Waals surface area contributed by atoms with Crippen LogP contribution in [0.5, 0.6) is 0 Å². The smallest absolute Gasteiger partial charge is 0.109 e. The molecule has 0 saturated heterocycles. The maximum Gasteiger partial charge on any atom is 0.109 e. The summed E-state index contributed by atoms with van der Waals surface area (Å²) >= 11 is 0. The van der Waals surface area contributed by atoms with E-state index >= 15 is 0 Å². The van der Waals surface area contributed by atoms with E-state index in [1.807, 2.05) is 0 Å². The highest BCUT2D eigenvalue weighted by Gasteiger charge is 2.22. The lowest BCUT2D eigenvalue weighted by molar-refractivity contribution is -0.913. The van der Waals surface area contributed by atoms with Gasteiger partial charge in [0.25, 0.3) is 0 Å². The van der Waals surface area contributed by atoms with Gasteiger partial charge in [0.2, 0.25) is 0 Å². The summed E-state index contributed by atoms with van der Waals surface area (Å²) < 4.78 is 6.30. The van der Waals surface area contributed by atoms with Gasteiger partial charge in [0.05, 0.1) is 40.5 Å². The first-order chi connectivity index (χ1) is 6.04. The molecule has 1 unspecified atom stereocenters. The quantitative estimate of drug-likeness (QED) is 0.477. The normalized spacial score (nSPS) is 14.5. The molecule has 0 aliphatic heterocycles. The highest BCUT2D eigenvalue weighted by atomic mass is 16.5. The molecule has 0 saturated carbocycles. The third kappa shape index (κ3) is 5.24. The fraction of sp³-hybridized carbons (Fsp3) is 1.00. The van der Waals surface area contributed by atoms with Crippen molar-refractivity contribution in [2.75, 3.05) is 40.5 Å². The topological polar surface area (TPSA) is 29.5 Å². The summed E-state index contributed by atoms with van der Waals surface area (Å²) in [4.78, 5) is 0. The van der Waals surface area contributed by atoms with Crippen LogP contribution in [0.25, 0.3) is 0 Å². The molecule has 1 atom stereocenters. The Hall–Kier alpha value is -0.120. The molecule has 0 amide bonds. The van der Waals surface area contributed by atoms with Crippen LogP contribution in [-0.2, 0) is 4.74 Å². The van der Waals surface area contributed by atoms with E-state index in [0.717, 1.165) is 11.1 Å². The minimum absolute atomic E-state index is 0.119. The van der Waals surface area contributed by atoms with Gasteiger partial charge in [0.1, 0.15) is 6.04 Å². The van der Waals surface area contributed by atoms with E-state index in [-0.39, 0.29) is 6.61 Å². The second-order valence-electron chi connectivity index (χ2n) is 4.15. The minimum Gasteiger partial charge on any atom is -0.394 e. The van der Waals surface area contributed by atoms with Gasteiger partial charge in [-0.05, 0) is 13.3 Å². The molecule has 80 valence electrons. The van der Waals surface area contributed by atoms with Crippen LogP contribution in [0.3, 0.4) is 0 Å². The number of aliphatic hydroxyl groups excluding tert-OH is 1. The average molecular weight is 190 g/mol. The summed E-state index contributed by atoms with van der Waals surface area (Å²) in [6.07, 6.45) is 1.19. The van der Waals surface area contributed by atoms with Gasteiger partial charge >= 0.3 is 0 Å². The molecule has 0 bridgehead atoms. The summed E-state index contributed by atoms with van der Waals surface area (Å²) in [6, 6.07) is 0.492. The zero-order valence-electron chi connectivity index (χ0n) is 9.42. The van der Waals surface area contributed by atoms with Crippen molar-refractivity contribution in [2.45, 2.75) is 26.3 Å². The van der Waals surface area contributed by atoms with Gasteiger partial charge in [0, 0.05) is 0 Å². The number of ether oxygens (including phenoxy) is 1. The fourth-order valence-electron chi connectivity index (χ4n) is 1.32. The number of hydrogen-bond donors (Lipinski definition) is 1. The molecule has 3 nitrogen and oxygen atoms in total. The highest BCUT2D eigenvalue weighted by Crippen LogP contribution is 2.07. The number of nitrogens with zero attached hydrogens (tertiary/aromatic N) is 1. The van der Waals surface area contributed by atoms with E-state index in [1.54, 1.807) is 0 Å². The summed E-state index contributed by atoms with van der Waals surface area (Å²) in [6.45, 7) is 6.86. The van der Waals surface area contributed by atoms with Crippen molar-refractivity contribution in [3.63, 3.8) is 0 Å². The molecular weight excluding hydrogens is 166 g/mol. The molecule has 0 fully saturated rings. The molecule has 0 aliphatic rings. The number of rotatable bonds is 7. The van der Waals surface area contributed by atoms with Crippen molar-refractivity contribution in [3.8, 4) is 0 Å². The maximum absolute atomic E-state index is 8.56. The molecule has 0 rings (SSSR count). The molecule has 0 aromatic carbocycles. The number of likely N-dealkylation sites (N-methyl/N-ethyl adjacent to an activating group) is 1. The second kappa shape index (κ2) is 6.35. The van der Waals surface area contributed by atoms with Crippen molar-refractivity contribution in [1.82, 2.24) is 0 Å². The lowest BCUT2D eigenvalue weighted by atomic mass is 10.2. The Balaban J connectivity index is 3.72. The first-order valence-electron chi connectivity index (χ1n) is 5.06. The molecule has 1 N–H and O–H groups in total. The maximum atomic E-state index is 8.56. The summed E-state index contributed by atoms with van der Waals surface area (Å²) in [5, 5.41) is 8.56. The molecule has 0 spiro atoms. The van der Waals surface area contributed by atoms with E-state index in [1.165, 1.54) is 13.0 Å². The van der Waals surface area contributed by atoms with E-state index in [4.69, 9.17) is 9.84 Å². The van der Waals surface area contributed by atoms with Crippen LogP contribution in [0.4, 0.5) is 0 Å². The molecule has 0 radical (unpaired) electrons. The molecular formula is C10H24NO2+. The average Bonchev–Trinajstić information content (AvgIpc) is 2.04. The Bertz CT molecular complexity index is 126. The van der Waals surface area contributed by atoms with Gasteiger partial charge in [-0.2, -0.15) is 0 Å². The predicted molar refractivity (Wildman–Crippen MR) is 54.6 cm³/mol. The first kappa shape index (κ1) is 12.9. The first-order valence-corrected chi connectivity index (χ1v) is 5.06. The van der Waals surface area contributed by atoms with Crippen molar-refractivity contribution in [2.24, 2.45) is 0 Å². The van der Waals surface area contributed by atoms with Gasteiger partial charge in [-0.3, -0.25) is 0 Å². The third-order valence-corrected chi connectivity index (χ3v) is 2.59. The third-order valence-electron chi connectivity index (χ3n) is 2.59. The van der Waals surface area contributed by atoms with Crippen molar-refractivity contribution in [1.29, 1.82) is 0 Å². The Morgan fingerprint density at radius 2 is 2.00 bits per heavy atom. The fourth-order valence-corrected chi connectivity index (χ4v) is 1.32. The van der Waals surface area contributed by atoms with Crippen LogP contribution >= 0.6 is 0 Å². The van der Waals surface area contributed by atoms with Crippen molar-refractivity contribution in [3.05, 3.63) is 0 Å². The monoisotopic (exact) mass is 190 g/mol. The molecule has 0 aromatic rings. The van der Waals surface area contributed by atoms with Crippen LogP contribution in [0.15, 0.2) is 0 Å². The Morgan fingerprint density at radius 1 is 1.38 bits per heavy atom. The van der Waals surface area contributed by atoms with Crippen LogP contribution in [0.1, 0.15) is 20.3 Å². The van der Waals surface area contributed by atoms with Crippen LogP contribution < -0.4 is 0 Å². The standard InChI is InChI=1S/C10H24NO2/c1-5-6-11(3,4)10(2)9-13-8-7-12/h10,12H,5-9H2,1-4H3/q+1. The van der Waals surface area contributed by atoms with Crippen LogP contribution in [0, 0.1) is 0 Å². The van der Waals surface area contributed by atoms with Gasteiger partial charge in [0.15, 0.2) is 0 Å². The second-order valence-corrected chi connectivity index (χ2v) is 4.15. The SMILES string of the molecule is CCC[N+](C)(C)C(C)COCCO. The summed E-state index contributed by atoms with van der Waals surface area (Å²) in [5.41, 5.74) is 0. The van der Waals surface area contributed by atoms with Gasteiger partial charge in [-0.1, -0.05) is 6.92 Å². The highest BCUT2D eigenvalue weighted by molar-refractivity contribution is 4.48. The van der Waals surface area contributed by atoms with Crippen LogP contribution in [-0.4, -0.2) is 56.1 Å². The van der Waals surface area contributed by atoms with Crippen molar-refractivity contribution >= 4 is 0 Å². The van der Waals surface area contributed by atoms with Crippen LogP contribution in [0.2, 0.25) is 0 Å². The van der Waals surface area contributed by atoms with Crippen molar-refractivity contribution < 1.29 is 14.3 Å². The Kier molecular flexibility index (Phi) is 6.29. The molecule has 0 heterocycles. The number of hydrogen-bond acceptors (Lipinski definition) is 2. The Labute approximate surface area is 81.9 Å². The number of quaternary nitrogens is 1. The zero-order chi connectivity index (χ0) is 10.3. The zero-order valence-corrected chi connectivity index (χ0v) is 9.42. The molecule has 0 aromatic heterocycles. The van der Waals surface area contributed by atoms with E-state index in [9.17, 15) is 0 Å². The molecule has 3 heteroatoms. The van der Waals surface area contributed by atoms with Gasteiger partial charge < -0.3 is 14.3 Å².